The van der Waals surface area contributed by atoms with Gasteiger partial charge >= 0.3 is 24.0 Å². The molecule has 1 unspecified atom stereocenters. The Labute approximate surface area is 249 Å². The van der Waals surface area contributed by atoms with E-state index in [1.807, 2.05) is 0 Å². The molecule has 44 heavy (non-hydrogen) atoms. The maximum absolute atomic E-state index is 14.7. The van der Waals surface area contributed by atoms with Crippen molar-refractivity contribution in [1.82, 2.24) is 4.90 Å². The summed E-state index contributed by atoms with van der Waals surface area (Å²) >= 11 is 0. The van der Waals surface area contributed by atoms with Gasteiger partial charge in [-0.2, -0.15) is 26.3 Å². The van der Waals surface area contributed by atoms with Crippen LogP contribution in [-0.2, 0) is 25.1 Å². The van der Waals surface area contributed by atoms with Crippen LogP contribution in [0.1, 0.15) is 61.5 Å². The number of sulfone groups is 1. The molecule has 0 bridgehead atoms. The fourth-order valence-corrected chi connectivity index (χ4v) is 7.23. The number of benzene rings is 2. The van der Waals surface area contributed by atoms with Gasteiger partial charge in [-0.25, -0.2) is 17.2 Å². The molecule has 0 spiro atoms. The number of hydrogen-bond donors (Lipinski definition) is 1. The molecule has 2 aromatic carbocycles. The van der Waals surface area contributed by atoms with Gasteiger partial charge in [-0.3, -0.25) is 9.59 Å². The Hall–Kier alpha value is -3.23. The first-order chi connectivity index (χ1) is 20.1. The summed E-state index contributed by atoms with van der Waals surface area (Å²) in [6.07, 6.45) is -12.0. The monoisotopic (exact) mass is 657 g/mol. The number of alkyl halides is 7. The van der Waals surface area contributed by atoms with Crippen LogP contribution in [0.4, 0.5) is 35.1 Å². The molecular weight excluding hydrogens is 626 g/mol. The lowest BCUT2D eigenvalue weighted by atomic mass is 9.71. The quantitative estimate of drug-likeness (QED) is 0.230. The predicted molar refractivity (Wildman–Crippen MR) is 142 cm³/mol. The van der Waals surface area contributed by atoms with E-state index in [1.54, 1.807) is 6.92 Å². The van der Waals surface area contributed by atoms with Gasteiger partial charge in [0.25, 0.3) is 0 Å². The van der Waals surface area contributed by atoms with Crippen LogP contribution in [0.2, 0.25) is 0 Å². The smallest absolute Gasteiger partial charge is 0.435 e. The number of nitrogens with zero attached hydrogens (tertiary/aromatic N) is 1. The number of carboxylic acid groups (broad SMARTS) is 1. The third kappa shape index (κ3) is 6.57. The number of carbonyl (C=O) groups excluding carboxylic acids is 1. The second-order valence-corrected chi connectivity index (χ2v) is 13.4. The van der Waals surface area contributed by atoms with Crippen molar-refractivity contribution in [3.05, 3.63) is 65.0 Å². The van der Waals surface area contributed by atoms with Crippen molar-refractivity contribution in [2.24, 2.45) is 11.3 Å². The van der Waals surface area contributed by atoms with Gasteiger partial charge in [-0.1, -0.05) is 31.2 Å². The van der Waals surface area contributed by atoms with Crippen LogP contribution in [0, 0.1) is 24.1 Å². The van der Waals surface area contributed by atoms with Gasteiger partial charge in [0.05, 0.1) is 10.8 Å². The zero-order chi connectivity index (χ0) is 33.5. The Kier molecular flexibility index (Phi) is 9.84. The van der Waals surface area contributed by atoms with Crippen LogP contribution in [0.5, 0.6) is 0 Å². The highest BCUT2D eigenvalue weighted by atomic mass is 32.2. The van der Waals surface area contributed by atoms with Gasteiger partial charge in [-0.05, 0) is 68.9 Å². The van der Waals surface area contributed by atoms with Crippen LogP contribution in [-0.4, -0.2) is 55.7 Å². The second kappa shape index (κ2) is 12.3. The molecule has 1 atom stereocenters. The lowest BCUT2D eigenvalue weighted by Crippen LogP contribution is -2.50. The SMILES string of the molecule is CCN(CC(c1ccc(C(F)(C(F)(F)F)C(F)(F)F)cc1)S(=O)(=O)c1ccc(F)c(C)c1)C(=O)C1(C)CCC(C(=O)O)CC1. The van der Waals surface area contributed by atoms with Gasteiger partial charge < -0.3 is 10.0 Å². The highest BCUT2D eigenvalue weighted by molar-refractivity contribution is 7.91. The summed E-state index contributed by atoms with van der Waals surface area (Å²) in [7, 11) is -4.58. The summed E-state index contributed by atoms with van der Waals surface area (Å²) in [5.74, 6) is -2.92. The third-order valence-corrected chi connectivity index (χ3v) is 10.4. The highest BCUT2D eigenvalue weighted by Crippen LogP contribution is 2.53. The Morgan fingerprint density at radius 2 is 1.50 bits per heavy atom. The lowest BCUT2D eigenvalue weighted by Gasteiger charge is -2.39. The van der Waals surface area contributed by atoms with E-state index in [0.29, 0.717) is 12.1 Å². The van der Waals surface area contributed by atoms with Gasteiger partial charge in [0.15, 0.2) is 9.84 Å². The highest BCUT2D eigenvalue weighted by Gasteiger charge is 2.73. The number of likely N-dealkylation sites (N-methyl/N-ethyl adjacent to an activating group) is 1. The van der Waals surface area contributed by atoms with E-state index in [4.69, 9.17) is 0 Å². The first-order valence-electron chi connectivity index (χ1n) is 13.5. The summed E-state index contributed by atoms with van der Waals surface area (Å²) in [5.41, 5.74) is -9.03. The van der Waals surface area contributed by atoms with E-state index in [9.17, 15) is 58.2 Å². The molecule has 0 heterocycles. The van der Waals surface area contributed by atoms with E-state index in [-0.39, 0.29) is 55.5 Å². The number of rotatable bonds is 9. The van der Waals surface area contributed by atoms with Gasteiger partial charge in [0.1, 0.15) is 11.1 Å². The van der Waals surface area contributed by atoms with Gasteiger partial charge in [-0.15, -0.1) is 0 Å². The van der Waals surface area contributed by atoms with E-state index < -0.39 is 79.1 Å². The summed E-state index contributed by atoms with van der Waals surface area (Å²) in [6.45, 7) is 3.75. The standard InChI is InChI=1S/C29H31F8NO5S/c1-4-38(25(41)26(3)13-11-19(12-14-26)24(39)40)16-23(44(42,43)21-9-10-22(30)17(2)15-21)18-5-7-20(8-6-18)27(31,28(32,33)34)29(35,36)37/h5-10,15,19,23H,4,11-14,16H2,1-3H3,(H,39,40). The summed E-state index contributed by atoms with van der Waals surface area (Å²) in [6, 6.07) is 4.44. The molecule has 1 aliphatic carbocycles. The molecular formula is C29H31F8NO5S. The number of amides is 1. The minimum atomic E-state index is -6.38. The van der Waals surface area contributed by atoms with Crippen molar-refractivity contribution < 1.29 is 58.2 Å². The van der Waals surface area contributed by atoms with Crippen molar-refractivity contribution in [2.45, 2.75) is 74.6 Å². The molecule has 15 heteroatoms. The molecule has 0 aliphatic heterocycles. The fraction of sp³-hybridized carbons (Fsp3) is 0.517. The summed E-state index contributed by atoms with van der Waals surface area (Å²) in [5, 5.41) is 7.54. The molecule has 1 fully saturated rings. The number of carboxylic acids is 1. The Balaban J connectivity index is 2.09. The zero-order valence-corrected chi connectivity index (χ0v) is 24.7. The van der Waals surface area contributed by atoms with Crippen molar-refractivity contribution in [3.63, 3.8) is 0 Å². The van der Waals surface area contributed by atoms with E-state index in [1.165, 1.54) is 18.7 Å². The fourth-order valence-electron chi connectivity index (χ4n) is 5.41. The molecule has 1 amide bonds. The minimum absolute atomic E-state index is 0.0565. The number of carbonyl (C=O) groups is 2. The van der Waals surface area contributed by atoms with Gasteiger partial charge in [0.2, 0.25) is 5.91 Å². The third-order valence-electron chi connectivity index (χ3n) is 8.30. The predicted octanol–water partition coefficient (Wildman–Crippen LogP) is 7.07. The lowest BCUT2D eigenvalue weighted by molar-refractivity contribution is -0.348. The summed E-state index contributed by atoms with van der Waals surface area (Å²) < 4.78 is 136. The molecule has 1 aliphatic rings. The number of halogens is 8. The Morgan fingerprint density at radius 1 is 0.977 bits per heavy atom. The summed E-state index contributed by atoms with van der Waals surface area (Å²) in [4.78, 5) is 25.8. The maximum Gasteiger partial charge on any atom is 0.435 e. The van der Waals surface area contributed by atoms with Crippen molar-refractivity contribution in [2.75, 3.05) is 13.1 Å². The van der Waals surface area contributed by atoms with Crippen molar-refractivity contribution in [1.29, 1.82) is 0 Å². The number of aliphatic carboxylic acids is 1. The largest absolute Gasteiger partial charge is 0.481 e. The zero-order valence-electron chi connectivity index (χ0n) is 23.9. The molecule has 0 radical (unpaired) electrons. The van der Waals surface area contributed by atoms with Crippen LogP contribution in [0.3, 0.4) is 0 Å². The molecule has 0 aromatic heterocycles. The van der Waals surface area contributed by atoms with E-state index in [2.05, 4.69) is 0 Å². The molecule has 2 aromatic rings. The van der Waals surface area contributed by atoms with Crippen LogP contribution < -0.4 is 0 Å². The number of hydrogen-bond acceptors (Lipinski definition) is 4. The Morgan fingerprint density at radius 3 is 1.93 bits per heavy atom. The van der Waals surface area contributed by atoms with Crippen LogP contribution in [0.15, 0.2) is 47.4 Å². The van der Waals surface area contributed by atoms with Gasteiger partial charge in [0, 0.05) is 24.1 Å². The first-order valence-corrected chi connectivity index (χ1v) is 15.1. The van der Waals surface area contributed by atoms with Crippen molar-refractivity contribution >= 4 is 21.7 Å². The van der Waals surface area contributed by atoms with E-state index >= 15 is 0 Å². The van der Waals surface area contributed by atoms with Crippen LogP contribution >= 0.6 is 0 Å². The Bertz CT molecular complexity index is 1470. The van der Waals surface area contributed by atoms with E-state index in [0.717, 1.165) is 18.2 Å². The maximum atomic E-state index is 14.7. The molecule has 244 valence electrons. The molecule has 3 rings (SSSR count). The molecule has 6 nitrogen and oxygen atoms in total. The topological polar surface area (TPSA) is 91.8 Å². The molecule has 0 saturated heterocycles. The second-order valence-electron chi connectivity index (χ2n) is 11.2. The number of aryl methyl sites for hydroxylation is 1. The average molecular weight is 658 g/mol. The molecule has 1 N–H and O–H groups in total. The molecule has 1 saturated carbocycles. The first kappa shape index (κ1) is 35.3. The minimum Gasteiger partial charge on any atom is -0.481 e. The average Bonchev–Trinajstić information content (AvgIpc) is 2.93. The normalized spacial score (nSPS) is 20.7. The van der Waals surface area contributed by atoms with Crippen molar-refractivity contribution in [3.8, 4) is 0 Å². The van der Waals surface area contributed by atoms with Crippen LogP contribution in [0.25, 0.3) is 0 Å².